The molecule has 0 aliphatic heterocycles. The monoisotopic (exact) mass is 616 g/mol. The molecule has 12 heteroatoms. The number of carbonyl (C=O) groups is 3. The van der Waals surface area contributed by atoms with Crippen LogP contribution in [0.4, 0.5) is 0 Å². The van der Waals surface area contributed by atoms with Gasteiger partial charge in [-0.05, 0) is 46.2 Å². The molecule has 0 unspecified atom stereocenters. The Morgan fingerprint density at radius 1 is 0.585 bits per heavy atom. The Morgan fingerprint density at radius 2 is 0.805 bits per heavy atom. The van der Waals surface area contributed by atoms with Crippen LogP contribution < -0.4 is 17.6 Å². The summed E-state index contributed by atoms with van der Waals surface area (Å²) in [6.45, 7) is 14.1. The van der Waals surface area contributed by atoms with Gasteiger partial charge in [0.1, 0.15) is 0 Å². The number of hydrogen-bond donors (Lipinski definition) is 6. The van der Waals surface area contributed by atoms with E-state index in [9.17, 15) is 14.4 Å². The molecular weight excluding hydrogens is 534 g/mol. The van der Waals surface area contributed by atoms with Crippen molar-refractivity contribution in [2.75, 3.05) is 14.1 Å². The molecule has 2 fully saturated rings. The third kappa shape index (κ3) is 78.8. The van der Waals surface area contributed by atoms with Crippen molar-refractivity contribution in [3.05, 3.63) is 0 Å². The second kappa shape index (κ2) is 83.2. The minimum absolute atomic E-state index is 0. The highest BCUT2D eigenvalue weighted by atomic mass is 16.4. The second-order valence-corrected chi connectivity index (χ2v) is 6.49. The van der Waals surface area contributed by atoms with Gasteiger partial charge in [0.2, 0.25) is 0 Å². The fourth-order valence-electron chi connectivity index (χ4n) is 2.87. The van der Waals surface area contributed by atoms with Crippen molar-refractivity contribution in [3.63, 3.8) is 0 Å². The molecule has 41 heavy (non-hydrogen) atoms. The molecule has 0 saturated heterocycles. The first-order valence-electron chi connectivity index (χ1n) is 13.2. The minimum atomic E-state index is -0.682. The predicted molar refractivity (Wildman–Crippen MR) is 181 cm³/mol. The summed E-state index contributed by atoms with van der Waals surface area (Å²) in [7, 11) is 3.00. The average molecular weight is 616 g/mol. The molecule has 0 aromatic heterocycles. The van der Waals surface area contributed by atoms with Crippen molar-refractivity contribution in [3.8, 4) is 0 Å². The third-order valence-electron chi connectivity index (χ3n) is 4.40. The van der Waals surface area contributed by atoms with Crippen molar-refractivity contribution < 1.29 is 46.1 Å². The first-order chi connectivity index (χ1) is 16.4. The van der Waals surface area contributed by atoms with Crippen molar-refractivity contribution >= 4 is 17.9 Å². The molecule has 0 atom stereocenters. The van der Waals surface area contributed by atoms with Crippen LogP contribution in [-0.4, -0.2) is 63.8 Å². The molecule has 0 heterocycles. The van der Waals surface area contributed by atoms with Gasteiger partial charge in [0.05, 0.1) is 11.8 Å². The van der Waals surface area contributed by atoms with Gasteiger partial charge in [0.25, 0.3) is 0 Å². The number of nitrogens with two attached hydrogens (primary N) is 2. The van der Waals surface area contributed by atoms with Gasteiger partial charge in [-0.3, -0.25) is 14.4 Å². The number of aliphatic carboxylic acids is 3. The van der Waals surface area contributed by atoms with E-state index in [1.165, 1.54) is 14.1 Å². The topological polar surface area (TPSA) is 293 Å². The first-order valence-corrected chi connectivity index (χ1v) is 13.2. The van der Waals surface area contributed by atoms with Gasteiger partial charge in [-0.2, -0.15) is 0 Å². The smallest absolute Gasteiger partial charge is 0.306 e. The Hall–Kier alpha value is -1.83. The van der Waals surface area contributed by atoms with E-state index < -0.39 is 17.9 Å². The van der Waals surface area contributed by atoms with Crippen LogP contribution in [0.25, 0.3) is 0 Å². The lowest BCUT2D eigenvalue weighted by Gasteiger charge is -1.97. The molecule has 2 rings (SSSR count). The van der Waals surface area contributed by atoms with Crippen molar-refractivity contribution in [1.29, 1.82) is 0 Å². The zero-order valence-electron chi connectivity index (χ0n) is 26.1. The second-order valence-electron chi connectivity index (χ2n) is 6.49. The fourth-order valence-corrected chi connectivity index (χ4v) is 2.87. The van der Waals surface area contributed by atoms with Crippen molar-refractivity contribution in [2.24, 2.45) is 23.3 Å². The van der Waals surface area contributed by atoms with Crippen molar-refractivity contribution in [1.82, 2.24) is 6.15 Å². The molecule has 12 nitrogen and oxygen atoms in total. The fraction of sp³-hybridized carbons (Fsp3) is 0.897. The summed E-state index contributed by atoms with van der Waals surface area (Å²) in [5.74, 6) is -1.94. The van der Waals surface area contributed by atoms with E-state index in [1.54, 1.807) is 0 Å². The molecule has 16 N–H and O–H groups in total. The van der Waals surface area contributed by atoms with Gasteiger partial charge in [-0.1, -0.05) is 109 Å². The Labute approximate surface area is 255 Å². The van der Waals surface area contributed by atoms with Crippen LogP contribution in [0.1, 0.15) is 148 Å². The normalized spacial score (nSPS) is 10.9. The molecule has 0 spiro atoms. The maximum atomic E-state index is 10.2. The average Bonchev–Trinajstić information content (AvgIpc) is 3.61. The molecular formula is C29H81N3O9. The maximum Gasteiger partial charge on any atom is 0.306 e. The van der Waals surface area contributed by atoms with E-state index in [1.807, 2.05) is 41.5 Å². The molecule has 2 aliphatic rings. The standard InChI is InChI=1S/2C6H10O2.C6H12O2.3C2H6.2CH5N.3CH4.H3N.3H2O/c2*7-6(8)5-3-1-2-4-5;1-2-3-4-5-6(7)8;5*1-2;;;;;;;/h2*5H,1-4H2,(H,7,8);2-5H2,1H3,(H,7,8);3*1-2H3;2*2H2,1H3;3*1H4;1H3;3*1H2. The summed E-state index contributed by atoms with van der Waals surface area (Å²) in [6, 6.07) is 0. The molecule has 0 radical (unpaired) electrons. The highest BCUT2D eigenvalue weighted by Gasteiger charge is 2.21. The number of carboxylic acids is 3. The SMILES string of the molecule is C.C.C.CC.CC.CC.CCCCCC(=O)O.CN.CN.N.O.O.O.O=C(O)C1CCCC1.O=C(O)C1CCCC1. The Morgan fingerprint density at radius 3 is 0.927 bits per heavy atom. The highest BCUT2D eigenvalue weighted by Crippen LogP contribution is 2.24. The molecule has 0 aromatic rings. The molecule has 266 valence electrons. The lowest BCUT2D eigenvalue weighted by Crippen LogP contribution is -2.07. The van der Waals surface area contributed by atoms with Crippen LogP contribution in [0.15, 0.2) is 0 Å². The van der Waals surface area contributed by atoms with E-state index in [0.29, 0.717) is 6.42 Å². The van der Waals surface area contributed by atoms with Gasteiger partial charge in [-0.25, -0.2) is 0 Å². The molecule has 0 aromatic carbocycles. The van der Waals surface area contributed by atoms with Crippen LogP contribution in [0.2, 0.25) is 0 Å². The minimum Gasteiger partial charge on any atom is -0.481 e. The molecule has 0 bridgehead atoms. The number of carboxylic acid groups (broad SMARTS) is 3. The predicted octanol–water partition coefficient (Wildman–Crippen LogP) is 6.00. The lowest BCUT2D eigenvalue weighted by molar-refractivity contribution is -0.142. The quantitative estimate of drug-likeness (QED) is 0.190. The van der Waals surface area contributed by atoms with E-state index in [-0.39, 0.29) is 56.7 Å². The van der Waals surface area contributed by atoms with Crippen LogP contribution in [0.3, 0.4) is 0 Å². The summed E-state index contributed by atoms with van der Waals surface area (Å²) in [5, 5.41) is 25.0. The van der Waals surface area contributed by atoms with Gasteiger partial charge in [0, 0.05) is 6.42 Å². The summed E-state index contributed by atoms with van der Waals surface area (Å²) in [4.78, 5) is 30.3. The summed E-state index contributed by atoms with van der Waals surface area (Å²) < 4.78 is 0. The van der Waals surface area contributed by atoms with Crippen LogP contribution in [0, 0.1) is 11.8 Å². The van der Waals surface area contributed by atoms with Crippen LogP contribution >= 0.6 is 0 Å². The zero-order chi connectivity index (χ0) is 28.4. The van der Waals surface area contributed by atoms with Crippen LogP contribution in [0.5, 0.6) is 0 Å². The maximum absolute atomic E-state index is 10.2. The first kappa shape index (κ1) is 83.3. The Balaban J connectivity index is -0.0000000210. The lowest BCUT2D eigenvalue weighted by atomic mass is 10.1. The zero-order valence-corrected chi connectivity index (χ0v) is 26.1. The molecule has 2 saturated carbocycles. The Kier molecular flexibility index (Phi) is 169. The highest BCUT2D eigenvalue weighted by molar-refractivity contribution is 5.70. The largest absolute Gasteiger partial charge is 0.481 e. The van der Waals surface area contributed by atoms with E-state index in [2.05, 4.69) is 18.4 Å². The summed E-state index contributed by atoms with van der Waals surface area (Å²) in [5.41, 5.74) is 9.00. The van der Waals surface area contributed by atoms with Gasteiger partial charge >= 0.3 is 17.9 Å². The summed E-state index contributed by atoms with van der Waals surface area (Å²) in [6.07, 6.45) is 11.3. The van der Waals surface area contributed by atoms with E-state index >= 15 is 0 Å². The third-order valence-corrected chi connectivity index (χ3v) is 4.40. The molecule has 2 aliphatic carbocycles. The van der Waals surface area contributed by atoms with Crippen molar-refractivity contribution in [2.45, 2.75) is 148 Å². The van der Waals surface area contributed by atoms with Gasteiger partial charge < -0.3 is 49.4 Å². The van der Waals surface area contributed by atoms with E-state index in [4.69, 9.17) is 15.3 Å². The van der Waals surface area contributed by atoms with E-state index in [0.717, 1.165) is 70.6 Å². The van der Waals surface area contributed by atoms with Gasteiger partial charge in [-0.15, -0.1) is 0 Å². The summed E-state index contributed by atoms with van der Waals surface area (Å²) >= 11 is 0. The molecule has 0 amide bonds. The van der Waals surface area contributed by atoms with Crippen LogP contribution in [-0.2, 0) is 14.4 Å². The Bertz CT molecular complexity index is 368. The number of rotatable bonds is 6. The number of hydrogen-bond acceptors (Lipinski definition) is 6. The van der Waals surface area contributed by atoms with Gasteiger partial charge in [0.15, 0.2) is 0 Å². The number of unbranched alkanes of at least 4 members (excludes halogenated alkanes) is 2.